The van der Waals surface area contributed by atoms with Crippen molar-refractivity contribution in [3.8, 4) is 11.3 Å². The largest absolute Gasteiger partial charge is 0.375 e. The fraction of sp³-hybridized carbons (Fsp3) is 0.273. The quantitative estimate of drug-likeness (QED) is 0.716. The number of anilines is 1. The fourth-order valence-corrected chi connectivity index (χ4v) is 3.76. The van der Waals surface area contributed by atoms with Gasteiger partial charge in [0.1, 0.15) is 12.6 Å². The molecule has 6 heteroatoms. The molecule has 0 unspecified atom stereocenters. The number of H-pyrrole nitrogens is 1. The van der Waals surface area contributed by atoms with Crippen LogP contribution in [0, 0.1) is 0 Å². The van der Waals surface area contributed by atoms with Gasteiger partial charge in [-0.1, -0.05) is 30.3 Å². The van der Waals surface area contributed by atoms with Gasteiger partial charge in [-0.15, -0.1) is 0 Å². The van der Waals surface area contributed by atoms with E-state index in [0.29, 0.717) is 18.7 Å². The van der Waals surface area contributed by atoms with Crippen molar-refractivity contribution in [3.63, 3.8) is 0 Å². The molecule has 2 aromatic carbocycles. The number of nitrogens with one attached hydrogen (secondary N) is 2. The zero-order valence-corrected chi connectivity index (χ0v) is 15.8. The molecule has 1 aliphatic heterocycles. The number of fused-ring (bicyclic) bond motifs is 1. The highest BCUT2D eigenvalue weighted by Gasteiger charge is 2.33. The van der Waals surface area contributed by atoms with Crippen molar-refractivity contribution in [2.24, 2.45) is 0 Å². The Kier molecular flexibility index (Phi) is 5.12. The second kappa shape index (κ2) is 7.86. The Morgan fingerprint density at radius 2 is 2.04 bits per heavy atom. The molecule has 4 rings (SSSR count). The van der Waals surface area contributed by atoms with E-state index in [1.54, 1.807) is 4.90 Å². The molecule has 144 valence electrons. The van der Waals surface area contributed by atoms with Crippen molar-refractivity contribution < 1.29 is 14.3 Å². The third-order valence-corrected chi connectivity index (χ3v) is 5.11. The Morgan fingerprint density at radius 3 is 2.86 bits per heavy atom. The summed E-state index contributed by atoms with van der Waals surface area (Å²) in [5, 5.41) is 4.11. The van der Waals surface area contributed by atoms with E-state index in [-0.39, 0.29) is 18.4 Å². The molecule has 0 radical (unpaired) electrons. The summed E-state index contributed by atoms with van der Waals surface area (Å²) in [4.78, 5) is 29.9. The average molecular weight is 377 g/mol. The third kappa shape index (κ3) is 3.64. The minimum atomic E-state index is -0.445. The molecule has 2 amide bonds. The molecule has 0 aliphatic carbocycles. The van der Waals surface area contributed by atoms with Gasteiger partial charge in [-0.25, -0.2) is 0 Å². The van der Waals surface area contributed by atoms with E-state index in [2.05, 4.69) is 22.4 Å². The maximum atomic E-state index is 12.8. The Morgan fingerprint density at radius 1 is 1.18 bits per heavy atom. The number of methoxy groups -OCH3 is 1. The van der Waals surface area contributed by atoms with E-state index in [4.69, 9.17) is 4.74 Å². The monoisotopic (exact) mass is 377 g/mol. The molecule has 1 atom stereocenters. The summed E-state index contributed by atoms with van der Waals surface area (Å²) in [6, 6.07) is 17.5. The van der Waals surface area contributed by atoms with Gasteiger partial charge in [0, 0.05) is 41.5 Å². The lowest BCUT2D eigenvalue weighted by Crippen LogP contribution is -2.44. The molecule has 0 saturated carbocycles. The predicted octanol–water partition coefficient (Wildman–Crippen LogP) is 3.41. The molecule has 6 nitrogen and oxygen atoms in total. The molecule has 0 spiro atoms. The van der Waals surface area contributed by atoms with Gasteiger partial charge >= 0.3 is 0 Å². The standard InChI is InChI=1S/C22H23N3O3/c1-28-14-21(26)25-11-5-10-20(25)22(27)23-17-8-4-7-15(12-17)19-13-16-6-2-3-9-18(16)24-19/h2-4,6-9,12-13,20,24H,5,10-11,14H2,1H3,(H,23,27)/t20-/m0/s1. The van der Waals surface area contributed by atoms with Gasteiger partial charge in [0.25, 0.3) is 0 Å². The first kappa shape index (κ1) is 18.3. The molecular formula is C22H23N3O3. The van der Waals surface area contributed by atoms with Crippen LogP contribution in [-0.2, 0) is 14.3 Å². The Bertz CT molecular complexity index is 978. The second-order valence-corrected chi connectivity index (χ2v) is 7.02. The number of nitrogens with zero attached hydrogens (tertiary/aromatic N) is 1. The van der Waals surface area contributed by atoms with Gasteiger partial charge < -0.3 is 19.9 Å². The molecule has 28 heavy (non-hydrogen) atoms. The van der Waals surface area contributed by atoms with Gasteiger partial charge in [-0.2, -0.15) is 0 Å². The zero-order chi connectivity index (χ0) is 19.5. The molecule has 0 bridgehead atoms. The summed E-state index contributed by atoms with van der Waals surface area (Å²) in [5.74, 6) is -0.303. The Balaban J connectivity index is 1.51. The smallest absolute Gasteiger partial charge is 0.249 e. The van der Waals surface area contributed by atoms with E-state index >= 15 is 0 Å². The first-order chi connectivity index (χ1) is 13.7. The first-order valence-electron chi connectivity index (χ1n) is 9.43. The van der Waals surface area contributed by atoms with Crippen LogP contribution in [0.4, 0.5) is 5.69 Å². The number of ether oxygens (including phenoxy) is 1. The minimum absolute atomic E-state index is 0.000349. The van der Waals surface area contributed by atoms with Crippen molar-refractivity contribution in [3.05, 3.63) is 54.6 Å². The lowest BCUT2D eigenvalue weighted by Gasteiger charge is -2.23. The van der Waals surface area contributed by atoms with E-state index in [1.807, 2.05) is 42.5 Å². The van der Waals surface area contributed by atoms with Crippen LogP contribution < -0.4 is 5.32 Å². The molecule has 3 aromatic rings. The number of carbonyl (C=O) groups is 2. The van der Waals surface area contributed by atoms with Crippen molar-refractivity contribution in [1.82, 2.24) is 9.88 Å². The van der Waals surface area contributed by atoms with Gasteiger partial charge in [0.15, 0.2) is 0 Å². The highest BCUT2D eigenvalue weighted by atomic mass is 16.5. The lowest BCUT2D eigenvalue weighted by molar-refractivity contribution is -0.139. The second-order valence-electron chi connectivity index (χ2n) is 7.02. The van der Waals surface area contributed by atoms with Crippen LogP contribution in [0.1, 0.15) is 12.8 Å². The van der Waals surface area contributed by atoms with E-state index in [9.17, 15) is 9.59 Å². The number of aromatic amines is 1. The van der Waals surface area contributed by atoms with Crippen molar-refractivity contribution in [2.45, 2.75) is 18.9 Å². The highest BCUT2D eigenvalue weighted by Crippen LogP contribution is 2.27. The topological polar surface area (TPSA) is 74.4 Å². The van der Waals surface area contributed by atoms with Crippen LogP contribution in [-0.4, -0.2) is 48.0 Å². The number of benzene rings is 2. The van der Waals surface area contributed by atoms with E-state index in [0.717, 1.165) is 28.6 Å². The fourth-order valence-electron chi connectivity index (χ4n) is 3.76. The lowest BCUT2D eigenvalue weighted by atomic mass is 10.1. The van der Waals surface area contributed by atoms with Gasteiger partial charge in [0.2, 0.25) is 11.8 Å². The van der Waals surface area contributed by atoms with Crippen LogP contribution in [0.5, 0.6) is 0 Å². The first-order valence-corrected chi connectivity index (χ1v) is 9.43. The summed E-state index contributed by atoms with van der Waals surface area (Å²) in [7, 11) is 1.48. The van der Waals surface area contributed by atoms with Crippen molar-refractivity contribution in [2.75, 3.05) is 25.6 Å². The molecule has 1 fully saturated rings. The maximum absolute atomic E-state index is 12.8. The Labute approximate surface area is 163 Å². The molecule has 1 aromatic heterocycles. The van der Waals surface area contributed by atoms with Gasteiger partial charge in [-0.05, 0) is 37.1 Å². The number of likely N-dealkylation sites (tertiary alicyclic amines) is 1. The van der Waals surface area contributed by atoms with E-state index in [1.165, 1.54) is 7.11 Å². The van der Waals surface area contributed by atoms with Gasteiger partial charge in [0.05, 0.1) is 0 Å². The van der Waals surface area contributed by atoms with Crippen molar-refractivity contribution >= 4 is 28.4 Å². The van der Waals surface area contributed by atoms with Crippen LogP contribution >= 0.6 is 0 Å². The normalized spacial score (nSPS) is 16.5. The van der Waals surface area contributed by atoms with Crippen LogP contribution in [0.15, 0.2) is 54.6 Å². The number of hydrogen-bond acceptors (Lipinski definition) is 3. The number of aromatic nitrogens is 1. The number of para-hydroxylation sites is 1. The van der Waals surface area contributed by atoms with Crippen LogP contribution in [0.2, 0.25) is 0 Å². The number of hydrogen-bond donors (Lipinski definition) is 2. The summed E-state index contributed by atoms with van der Waals surface area (Å²) < 4.78 is 4.93. The third-order valence-electron chi connectivity index (χ3n) is 5.11. The molecule has 2 N–H and O–H groups in total. The Hall–Kier alpha value is -3.12. The number of rotatable bonds is 5. The summed E-state index contributed by atoms with van der Waals surface area (Å²) in [5.41, 5.74) is 3.78. The summed E-state index contributed by atoms with van der Waals surface area (Å²) >= 11 is 0. The predicted molar refractivity (Wildman–Crippen MR) is 109 cm³/mol. The minimum Gasteiger partial charge on any atom is -0.375 e. The molecular weight excluding hydrogens is 354 g/mol. The SMILES string of the molecule is COCC(=O)N1CCC[C@H]1C(=O)Nc1cccc(-c2cc3ccccc3[nH]2)c1. The average Bonchev–Trinajstić information content (AvgIpc) is 3.35. The van der Waals surface area contributed by atoms with Gasteiger partial charge in [-0.3, -0.25) is 9.59 Å². The number of amides is 2. The molecule has 2 heterocycles. The van der Waals surface area contributed by atoms with Crippen LogP contribution in [0.25, 0.3) is 22.2 Å². The molecule has 1 aliphatic rings. The maximum Gasteiger partial charge on any atom is 0.249 e. The molecule has 1 saturated heterocycles. The summed E-state index contributed by atoms with van der Waals surface area (Å²) in [6.07, 6.45) is 1.49. The zero-order valence-electron chi connectivity index (χ0n) is 15.8. The van der Waals surface area contributed by atoms with E-state index < -0.39 is 6.04 Å². The van der Waals surface area contributed by atoms with Crippen molar-refractivity contribution in [1.29, 1.82) is 0 Å². The highest BCUT2D eigenvalue weighted by molar-refractivity contribution is 5.98. The number of carbonyl (C=O) groups excluding carboxylic acids is 2. The van der Waals surface area contributed by atoms with Crippen LogP contribution in [0.3, 0.4) is 0 Å². The summed E-state index contributed by atoms with van der Waals surface area (Å²) in [6.45, 7) is 0.592.